The number of ether oxygens (including phenoxy) is 1. The average molecular weight is 581 g/mol. The molecular weight excluding hydrogens is 536 g/mol. The zero-order valence-corrected chi connectivity index (χ0v) is 25.6. The minimum Gasteiger partial charge on any atom is -0.442 e. The second-order valence-corrected chi connectivity index (χ2v) is 12.5. The quantitative estimate of drug-likeness (QED) is 0.398. The summed E-state index contributed by atoms with van der Waals surface area (Å²) in [7, 11) is 1.68. The molecule has 0 radical (unpaired) electrons. The van der Waals surface area contributed by atoms with Crippen molar-refractivity contribution in [3.05, 3.63) is 42.5 Å². The first kappa shape index (κ1) is 31.1. The molecule has 2 fully saturated rings. The van der Waals surface area contributed by atoms with E-state index in [0.29, 0.717) is 18.7 Å². The second-order valence-electron chi connectivity index (χ2n) is 12.5. The van der Waals surface area contributed by atoms with Gasteiger partial charge in [0.2, 0.25) is 11.8 Å². The molecule has 11 nitrogen and oxygen atoms in total. The summed E-state index contributed by atoms with van der Waals surface area (Å²) in [6.07, 6.45) is -0.893. The Bertz CT molecular complexity index is 1320. The van der Waals surface area contributed by atoms with E-state index in [1.54, 1.807) is 29.8 Å². The summed E-state index contributed by atoms with van der Waals surface area (Å²) in [5.41, 5.74) is 0.0174. The van der Waals surface area contributed by atoms with Crippen LogP contribution >= 0.6 is 0 Å². The minimum absolute atomic E-state index is 0.0839. The number of urea groups is 1. The van der Waals surface area contributed by atoms with Crippen molar-refractivity contribution in [1.82, 2.24) is 25.8 Å². The van der Waals surface area contributed by atoms with E-state index in [-0.39, 0.29) is 36.5 Å². The molecule has 0 saturated carbocycles. The maximum Gasteiger partial charge on any atom is 0.412 e. The number of carbonyl (C=O) groups excluding carboxylic acids is 4. The normalized spacial score (nSPS) is 21.6. The highest BCUT2D eigenvalue weighted by molar-refractivity contribution is 6.00. The number of likely N-dealkylation sites (N-methyl/N-ethyl adjacent to an activating group) is 1. The summed E-state index contributed by atoms with van der Waals surface area (Å²) < 4.78 is 5.98. The number of nitrogens with zero attached hydrogens (tertiary/aromatic N) is 2. The van der Waals surface area contributed by atoms with Gasteiger partial charge in [0, 0.05) is 18.0 Å². The third-order valence-electron chi connectivity index (χ3n) is 8.04. The van der Waals surface area contributed by atoms with Gasteiger partial charge in [0.1, 0.15) is 12.1 Å². The Balaban J connectivity index is 1.60. The van der Waals surface area contributed by atoms with Crippen LogP contribution in [-0.2, 0) is 14.3 Å². The molecule has 0 spiro atoms. The number of hydrogen-bond donors (Lipinski definition) is 4. The van der Waals surface area contributed by atoms with E-state index < -0.39 is 35.7 Å². The van der Waals surface area contributed by atoms with Gasteiger partial charge in [0.05, 0.1) is 30.4 Å². The van der Waals surface area contributed by atoms with Gasteiger partial charge in [-0.3, -0.25) is 14.9 Å². The Morgan fingerprint density at radius 1 is 0.952 bits per heavy atom. The van der Waals surface area contributed by atoms with Crippen molar-refractivity contribution in [2.24, 2.45) is 5.41 Å². The first-order chi connectivity index (χ1) is 19.8. The zero-order valence-electron chi connectivity index (χ0n) is 25.6. The molecule has 5 amide bonds. The molecule has 0 aliphatic carbocycles. The maximum absolute atomic E-state index is 14.1. The number of fused-ring (bicyclic) bond motifs is 2. The highest BCUT2D eigenvalue weighted by Crippen LogP contribution is 2.36. The van der Waals surface area contributed by atoms with Crippen LogP contribution in [0.5, 0.6) is 0 Å². The number of amides is 5. The monoisotopic (exact) mass is 580 g/mol. The van der Waals surface area contributed by atoms with Gasteiger partial charge in [-0.15, -0.1) is 0 Å². The fourth-order valence-electron chi connectivity index (χ4n) is 5.78. The van der Waals surface area contributed by atoms with Crippen LogP contribution in [0.4, 0.5) is 15.3 Å². The number of benzene rings is 2. The van der Waals surface area contributed by atoms with Crippen LogP contribution < -0.4 is 21.3 Å². The summed E-state index contributed by atoms with van der Waals surface area (Å²) in [5.74, 6) is -0.547. The predicted molar refractivity (Wildman–Crippen MR) is 162 cm³/mol. The van der Waals surface area contributed by atoms with Crippen molar-refractivity contribution in [2.75, 3.05) is 25.5 Å². The van der Waals surface area contributed by atoms with Crippen LogP contribution in [0.25, 0.3) is 10.8 Å². The van der Waals surface area contributed by atoms with Crippen LogP contribution in [0.1, 0.15) is 48.0 Å². The van der Waals surface area contributed by atoms with Gasteiger partial charge >= 0.3 is 12.1 Å². The second kappa shape index (κ2) is 12.6. The van der Waals surface area contributed by atoms with E-state index in [9.17, 15) is 19.2 Å². The van der Waals surface area contributed by atoms with Crippen molar-refractivity contribution in [3.63, 3.8) is 0 Å². The molecular formula is C31H44N6O5. The molecule has 1 unspecified atom stereocenters. The van der Waals surface area contributed by atoms with Crippen molar-refractivity contribution >= 4 is 40.4 Å². The number of nitrogens with one attached hydrogen (secondary N) is 4. The smallest absolute Gasteiger partial charge is 0.412 e. The summed E-state index contributed by atoms with van der Waals surface area (Å²) in [6, 6.07) is 10.8. The topological polar surface area (TPSA) is 132 Å². The van der Waals surface area contributed by atoms with E-state index in [1.165, 1.54) is 0 Å². The van der Waals surface area contributed by atoms with Gasteiger partial charge in [0.25, 0.3) is 0 Å². The van der Waals surface area contributed by atoms with Gasteiger partial charge in [-0.1, -0.05) is 57.2 Å². The lowest BCUT2D eigenvalue weighted by Gasteiger charge is -2.37. The standard InChI is InChI=1S/C31H44N6O5/c1-18(2)33-29(40)37-17-24(42-30(41)34-22-14-10-12-20-11-8-9-13-21(20)22)25-23(37)15-16-36(25)28(39)26(31(4,5)6)35-27(38)19(3)32-7/h8-14,18-19,23-26,32H,15-17H2,1-7H3,(H,33,40)(H,34,41)(H,35,38)/t19-,23+,24-,25-,26?/m0/s1. The molecule has 4 rings (SSSR count). The Labute approximate surface area is 247 Å². The molecule has 2 aliphatic heterocycles. The molecule has 2 heterocycles. The van der Waals surface area contributed by atoms with E-state index in [2.05, 4.69) is 21.3 Å². The van der Waals surface area contributed by atoms with Gasteiger partial charge < -0.3 is 30.5 Å². The van der Waals surface area contributed by atoms with Crippen LogP contribution in [0.2, 0.25) is 0 Å². The largest absolute Gasteiger partial charge is 0.442 e. The Morgan fingerprint density at radius 2 is 1.64 bits per heavy atom. The fourth-order valence-corrected chi connectivity index (χ4v) is 5.78. The summed E-state index contributed by atoms with van der Waals surface area (Å²) in [4.78, 5) is 56.7. The van der Waals surface area contributed by atoms with Crippen LogP contribution in [0, 0.1) is 5.41 Å². The third-order valence-corrected chi connectivity index (χ3v) is 8.04. The number of carbonyl (C=O) groups is 4. The SMILES string of the molecule is CN[C@@H](C)C(=O)NC(C(=O)N1CC[C@@H]2[C@H]1[C@@H](OC(=O)Nc1cccc3ccccc13)CN2C(=O)NC(C)C)C(C)(C)C. The van der Waals surface area contributed by atoms with Gasteiger partial charge in [0.15, 0.2) is 0 Å². The van der Waals surface area contributed by atoms with Crippen LogP contribution in [0.3, 0.4) is 0 Å². The van der Waals surface area contributed by atoms with Gasteiger partial charge in [-0.2, -0.15) is 0 Å². The van der Waals surface area contributed by atoms with Crippen molar-refractivity contribution < 1.29 is 23.9 Å². The zero-order chi connectivity index (χ0) is 30.8. The molecule has 11 heteroatoms. The highest BCUT2D eigenvalue weighted by atomic mass is 16.6. The van der Waals surface area contributed by atoms with Gasteiger partial charge in [-0.05, 0) is 51.1 Å². The van der Waals surface area contributed by atoms with Crippen molar-refractivity contribution in [3.8, 4) is 0 Å². The number of hydrogen-bond acceptors (Lipinski definition) is 6. The van der Waals surface area contributed by atoms with Crippen molar-refractivity contribution in [1.29, 1.82) is 0 Å². The van der Waals surface area contributed by atoms with Crippen molar-refractivity contribution in [2.45, 2.75) is 84.3 Å². The molecule has 2 aromatic rings. The molecule has 228 valence electrons. The number of anilines is 1. The lowest BCUT2D eigenvalue weighted by atomic mass is 9.85. The predicted octanol–water partition coefficient (Wildman–Crippen LogP) is 3.30. The third kappa shape index (κ3) is 6.61. The lowest BCUT2D eigenvalue weighted by Crippen LogP contribution is -2.59. The minimum atomic E-state index is -0.816. The van der Waals surface area contributed by atoms with E-state index in [0.717, 1.165) is 10.8 Å². The first-order valence-corrected chi connectivity index (χ1v) is 14.6. The van der Waals surface area contributed by atoms with Crippen LogP contribution in [-0.4, -0.2) is 90.2 Å². The molecule has 2 aromatic carbocycles. The Kier molecular flexibility index (Phi) is 9.30. The van der Waals surface area contributed by atoms with E-state index >= 15 is 0 Å². The molecule has 5 atom stereocenters. The van der Waals surface area contributed by atoms with E-state index in [1.807, 2.05) is 71.0 Å². The van der Waals surface area contributed by atoms with E-state index in [4.69, 9.17) is 4.74 Å². The maximum atomic E-state index is 14.1. The molecule has 4 N–H and O–H groups in total. The summed E-state index contributed by atoms with van der Waals surface area (Å²) >= 11 is 0. The average Bonchev–Trinajstić information content (AvgIpc) is 3.51. The molecule has 2 saturated heterocycles. The van der Waals surface area contributed by atoms with Gasteiger partial charge in [-0.25, -0.2) is 9.59 Å². The first-order valence-electron chi connectivity index (χ1n) is 14.6. The Hall–Kier alpha value is -3.86. The summed E-state index contributed by atoms with van der Waals surface area (Å²) in [6.45, 7) is 11.7. The molecule has 2 aliphatic rings. The fraction of sp³-hybridized carbons (Fsp3) is 0.548. The lowest BCUT2D eigenvalue weighted by molar-refractivity contribution is -0.141. The molecule has 0 aromatic heterocycles. The number of likely N-dealkylation sites (tertiary alicyclic amines) is 2. The van der Waals surface area contributed by atoms with Crippen LogP contribution in [0.15, 0.2) is 42.5 Å². The number of rotatable bonds is 7. The molecule has 42 heavy (non-hydrogen) atoms. The summed E-state index contributed by atoms with van der Waals surface area (Å²) in [5, 5.41) is 13.5. The highest BCUT2D eigenvalue weighted by Gasteiger charge is 2.55. The molecule has 0 bridgehead atoms. The Morgan fingerprint density at radius 3 is 2.31 bits per heavy atom.